The number of hydrogen-bond acceptors (Lipinski definition) is 4. The summed E-state index contributed by atoms with van der Waals surface area (Å²) in [5.41, 5.74) is 0.913. The van der Waals surface area contributed by atoms with Gasteiger partial charge in [0.2, 0.25) is 0 Å². The number of aliphatic carboxylic acids is 1. The van der Waals surface area contributed by atoms with E-state index < -0.39 is 5.97 Å². The molecule has 1 aromatic carbocycles. The van der Waals surface area contributed by atoms with Gasteiger partial charge in [-0.1, -0.05) is 6.07 Å². The zero-order valence-electron chi connectivity index (χ0n) is 10.7. The summed E-state index contributed by atoms with van der Waals surface area (Å²) in [7, 11) is 0. The van der Waals surface area contributed by atoms with Crippen molar-refractivity contribution in [3.05, 3.63) is 58.3 Å². The molecule has 0 aliphatic rings. The summed E-state index contributed by atoms with van der Waals surface area (Å²) in [5, 5.41) is 17.7. The SMILES string of the molecule is N#Cc1cc(/C=C/C(=O)O)ccc1Oc1cncc(Br)c1. The number of aromatic nitrogens is 1. The van der Waals surface area contributed by atoms with E-state index in [1.807, 2.05) is 6.07 Å². The molecule has 0 unspecified atom stereocenters. The molecule has 0 aliphatic heterocycles. The molecule has 1 heterocycles. The summed E-state index contributed by atoms with van der Waals surface area (Å²) in [4.78, 5) is 14.5. The predicted molar refractivity (Wildman–Crippen MR) is 79.8 cm³/mol. The maximum absolute atomic E-state index is 10.5. The van der Waals surface area contributed by atoms with Crippen LogP contribution < -0.4 is 4.74 Å². The first kappa shape index (κ1) is 14.8. The quantitative estimate of drug-likeness (QED) is 0.856. The van der Waals surface area contributed by atoms with Crippen molar-refractivity contribution in [1.29, 1.82) is 5.26 Å². The topological polar surface area (TPSA) is 83.2 Å². The summed E-state index contributed by atoms with van der Waals surface area (Å²) in [5.74, 6) is -0.173. The van der Waals surface area contributed by atoms with Gasteiger partial charge in [-0.2, -0.15) is 5.26 Å². The van der Waals surface area contributed by atoms with Crippen molar-refractivity contribution >= 4 is 28.0 Å². The van der Waals surface area contributed by atoms with E-state index in [2.05, 4.69) is 20.9 Å². The van der Waals surface area contributed by atoms with Gasteiger partial charge in [0.15, 0.2) is 0 Å². The third kappa shape index (κ3) is 4.16. The molecule has 6 heteroatoms. The Balaban J connectivity index is 2.29. The van der Waals surface area contributed by atoms with Crippen molar-refractivity contribution in [3.8, 4) is 17.6 Å². The first-order valence-electron chi connectivity index (χ1n) is 5.82. The number of benzene rings is 1. The van der Waals surface area contributed by atoms with Gasteiger partial charge >= 0.3 is 5.97 Å². The predicted octanol–water partition coefficient (Wildman–Crippen LogP) is 3.61. The largest absolute Gasteiger partial charge is 0.478 e. The standard InChI is InChI=1S/C15H9BrN2O3/c16-12-6-13(9-18-8-12)21-14-3-1-10(2-4-15(19)20)5-11(14)7-17/h1-6,8-9H,(H,19,20)/b4-2+. The van der Waals surface area contributed by atoms with Crippen molar-refractivity contribution in [2.24, 2.45) is 0 Å². The van der Waals surface area contributed by atoms with Gasteiger partial charge in [0.25, 0.3) is 0 Å². The van der Waals surface area contributed by atoms with Crippen molar-refractivity contribution < 1.29 is 14.6 Å². The van der Waals surface area contributed by atoms with Gasteiger partial charge in [-0.25, -0.2) is 4.79 Å². The molecular weight excluding hydrogens is 336 g/mol. The van der Waals surface area contributed by atoms with Gasteiger partial charge in [0.05, 0.1) is 11.8 Å². The van der Waals surface area contributed by atoms with Crippen LogP contribution in [0.5, 0.6) is 11.5 Å². The Hall–Kier alpha value is -2.65. The zero-order chi connectivity index (χ0) is 15.2. The zero-order valence-corrected chi connectivity index (χ0v) is 12.2. The highest BCUT2D eigenvalue weighted by molar-refractivity contribution is 9.10. The summed E-state index contributed by atoms with van der Waals surface area (Å²) in [6.07, 6.45) is 5.57. The maximum Gasteiger partial charge on any atom is 0.328 e. The number of halogens is 1. The van der Waals surface area contributed by atoms with E-state index in [1.165, 1.54) is 12.3 Å². The van der Waals surface area contributed by atoms with Crippen LogP contribution in [0.4, 0.5) is 0 Å². The lowest BCUT2D eigenvalue weighted by molar-refractivity contribution is -0.131. The summed E-state index contributed by atoms with van der Waals surface area (Å²) in [6.45, 7) is 0. The fourth-order valence-electron chi connectivity index (χ4n) is 1.57. The van der Waals surface area contributed by atoms with Crippen LogP contribution in [-0.2, 0) is 4.79 Å². The Labute approximate surface area is 129 Å². The van der Waals surface area contributed by atoms with E-state index in [0.717, 1.165) is 10.5 Å². The first-order chi connectivity index (χ1) is 10.1. The van der Waals surface area contributed by atoms with Crippen LogP contribution in [0.3, 0.4) is 0 Å². The molecule has 0 amide bonds. The normalized spacial score (nSPS) is 10.3. The second-order valence-electron chi connectivity index (χ2n) is 3.98. The van der Waals surface area contributed by atoms with E-state index >= 15 is 0 Å². The molecule has 0 radical (unpaired) electrons. The Kier molecular flexibility index (Phi) is 4.69. The van der Waals surface area contributed by atoms with Crippen LogP contribution in [0, 0.1) is 11.3 Å². The second-order valence-corrected chi connectivity index (χ2v) is 4.90. The molecule has 0 aliphatic carbocycles. The van der Waals surface area contributed by atoms with E-state index in [4.69, 9.17) is 15.1 Å². The van der Waals surface area contributed by atoms with Crippen LogP contribution in [-0.4, -0.2) is 16.1 Å². The van der Waals surface area contributed by atoms with Gasteiger partial charge in [0.1, 0.15) is 17.6 Å². The minimum Gasteiger partial charge on any atom is -0.478 e. The molecule has 0 fully saturated rings. The highest BCUT2D eigenvalue weighted by Gasteiger charge is 2.06. The number of pyridine rings is 1. The third-order valence-electron chi connectivity index (χ3n) is 2.45. The van der Waals surface area contributed by atoms with Crippen LogP contribution in [0.15, 0.2) is 47.2 Å². The maximum atomic E-state index is 10.5. The number of rotatable bonds is 4. The molecule has 1 aromatic heterocycles. The van der Waals surface area contributed by atoms with Crippen molar-refractivity contribution in [2.45, 2.75) is 0 Å². The molecule has 2 aromatic rings. The smallest absolute Gasteiger partial charge is 0.328 e. The van der Waals surface area contributed by atoms with Crippen LogP contribution in [0.25, 0.3) is 6.08 Å². The minimum absolute atomic E-state index is 0.308. The molecule has 104 valence electrons. The van der Waals surface area contributed by atoms with E-state index in [1.54, 1.807) is 30.5 Å². The monoisotopic (exact) mass is 344 g/mol. The molecule has 0 saturated heterocycles. The van der Waals surface area contributed by atoms with Crippen molar-refractivity contribution in [2.75, 3.05) is 0 Å². The van der Waals surface area contributed by atoms with Crippen LogP contribution >= 0.6 is 15.9 Å². The number of ether oxygens (including phenoxy) is 1. The molecule has 0 saturated carbocycles. The molecular formula is C15H9BrN2O3. The molecule has 0 spiro atoms. The Morgan fingerprint density at radius 3 is 2.86 bits per heavy atom. The number of carboxylic acids is 1. The van der Waals surface area contributed by atoms with Crippen molar-refractivity contribution in [1.82, 2.24) is 4.98 Å². The van der Waals surface area contributed by atoms with Crippen LogP contribution in [0.1, 0.15) is 11.1 Å². The molecule has 5 nitrogen and oxygen atoms in total. The number of carboxylic acid groups (broad SMARTS) is 1. The van der Waals surface area contributed by atoms with Gasteiger partial charge in [-0.3, -0.25) is 4.98 Å². The first-order valence-corrected chi connectivity index (χ1v) is 6.61. The lowest BCUT2D eigenvalue weighted by Crippen LogP contribution is -1.91. The van der Waals surface area contributed by atoms with Gasteiger partial charge in [0, 0.05) is 16.7 Å². The molecule has 0 bridgehead atoms. The number of hydrogen-bond donors (Lipinski definition) is 1. The van der Waals surface area contributed by atoms with Crippen molar-refractivity contribution in [3.63, 3.8) is 0 Å². The number of carbonyl (C=O) groups is 1. The summed E-state index contributed by atoms with van der Waals surface area (Å²) < 4.78 is 6.37. The number of nitriles is 1. The average molecular weight is 345 g/mol. The third-order valence-corrected chi connectivity index (χ3v) is 2.88. The summed E-state index contributed by atoms with van der Waals surface area (Å²) >= 11 is 3.28. The minimum atomic E-state index is -1.05. The fraction of sp³-hybridized carbons (Fsp3) is 0. The van der Waals surface area contributed by atoms with Gasteiger partial charge in [-0.15, -0.1) is 0 Å². The molecule has 21 heavy (non-hydrogen) atoms. The van der Waals surface area contributed by atoms with E-state index in [-0.39, 0.29) is 0 Å². The fourth-order valence-corrected chi connectivity index (χ4v) is 1.91. The number of nitrogens with zero attached hydrogens (tertiary/aromatic N) is 2. The molecule has 0 atom stereocenters. The Morgan fingerprint density at radius 2 is 2.19 bits per heavy atom. The van der Waals surface area contributed by atoms with E-state index in [9.17, 15) is 4.79 Å². The van der Waals surface area contributed by atoms with Gasteiger partial charge in [-0.05, 0) is 45.8 Å². The average Bonchev–Trinajstić information content (AvgIpc) is 2.46. The molecule has 1 N–H and O–H groups in total. The van der Waals surface area contributed by atoms with E-state index in [0.29, 0.717) is 22.6 Å². The lowest BCUT2D eigenvalue weighted by atomic mass is 10.1. The molecule has 2 rings (SSSR count). The second kappa shape index (κ2) is 6.68. The Bertz CT molecular complexity index is 751. The highest BCUT2D eigenvalue weighted by atomic mass is 79.9. The lowest BCUT2D eigenvalue weighted by Gasteiger charge is -2.07. The van der Waals surface area contributed by atoms with Gasteiger partial charge < -0.3 is 9.84 Å². The summed E-state index contributed by atoms with van der Waals surface area (Å²) in [6, 6.07) is 8.58. The van der Waals surface area contributed by atoms with Crippen LogP contribution in [0.2, 0.25) is 0 Å². The Morgan fingerprint density at radius 1 is 1.38 bits per heavy atom. The highest BCUT2D eigenvalue weighted by Crippen LogP contribution is 2.27.